The van der Waals surface area contributed by atoms with Crippen molar-refractivity contribution in [3.63, 3.8) is 0 Å². The van der Waals surface area contributed by atoms with Crippen molar-refractivity contribution < 1.29 is 14.3 Å². The smallest absolute Gasteiger partial charge is 0.306 e. The van der Waals surface area contributed by atoms with Crippen molar-refractivity contribution in [2.45, 2.75) is 40.0 Å². The van der Waals surface area contributed by atoms with Crippen LogP contribution in [0.4, 0.5) is 0 Å². The van der Waals surface area contributed by atoms with Gasteiger partial charge in [0.25, 0.3) is 0 Å². The number of carbonyl (C=O) groups excluding carboxylic acids is 2. The van der Waals surface area contributed by atoms with E-state index in [0.717, 1.165) is 12.2 Å². The molecule has 3 nitrogen and oxygen atoms in total. The van der Waals surface area contributed by atoms with Crippen LogP contribution in [0.3, 0.4) is 0 Å². The molecule has 0 aliphatic heterocycles. The Labute approximate surface area is 102 Å². The molecule has 16 heavy (non-hydrogen) atoms. The first kappa shape index (κ1) is 15.5. The van der Waals surface area contributed by atoms with Crippen molar-refractivity contribution in [1.29, 1.82) is 0 Å². The number of esters is 1. The largest absolute Gasteiger partial charge is 0.466 e. The van der Waals surface area contributed by atoms with Crippen LogP contribution in [0.25, 0.3) is 0 Å². The molecule has 0 fully saturated rings. The Hall–Kier alpha value is -0.510. The average molecular weight is 246 g/mol. The van der Waals surface area contributed by atoms with E-state index in [1.807, 2.05) is 0 Å². The van der Waals surface area contributed by atoms with E-state index in [2.05, 4.69) is 13.8 Å². The lowest BCUT2D eigenvalue weighted by atomic mass is 10.2. The van der Waals surface area contributed by atoms with Crippen LogP contribution in [0.15, 0.2) is 0 Å². The van der Waals surface area contributed by atoms with E-state index in [1.54, 1.807) is 18.7 Å². The number of ether oxygens (including phenoxy) is 1. The highest BCUT2D eigenvalue weighted by Crippen LogP contribution is 2.12. The molecule has 0 aromatic carbocycles. The molecule has 0 bridgehead atoms. The average Bonchev–Trinajstić information content (AvgIpc) is 2.26. The van der Waals surface area contributed by atoms with Crippen LogP contribution in [0, 0.1) is 5.92 Å². The molecule has 0 saturated carbocycles. The van der Waals surface area contributed by atoms with Gasteiger partial charge in [-0.2, -0.15) is 11.8 Å². The maximum absolute atomic E-state index is 11.4. The summed E-state index contributed by atoms with van der Waals surface area (Å²) >= 11 is 1.66. The van der Waals surface area contributed by atoms with Crippen LogP contribution >= 0.6 is 11.8 Å². The maximum atomic E-state index is 11.4. The summed E-state index contributed by atoms with van der Waals surface area (Å²) in [5, 5.41) is 0. The molecule has 0 spiro atoms. The Morgan fingerprint density at radius 2 is 1.94 bits per heavy atom. The lowest BCUT2D eigenvalue weighted by Crippen LogP contribution is -2.10. The topological polar surface area (TPSA) is 43.4 Å². The van der Waals surface area contributed by atoms with E-state index in [1.165, 1.54) is 0 Å². The first-order valence-corrected chi connectivity index (χ1v) is 7.00. The molecule has 0 radical (unpaired) electrons. The van der Waals surface area contributed by atoms with Gasteiger partial charge in [-0.05, 0) is 18.6 Å². The van der Waals surface area contributed by atoms with Crippen molar-refractivity contribution in [1.82, 2.24) is 0 Å². The van der Waals surface area contributed by atoms with Gasteiger partial charge >= 0.3 is 5.97 Å². The molecule has 0 heterocycles. The predicted molar refractivity (Wildman–Crippen MR) is 67.7 cm³/mol. The van der Waals surface area contributed by atoms with Crippen LogP contribution in [0.5, 0.6) is 0 Å². The van der Waals surface area contributed by atoms with E-state index >= 15 is 0 Å². The normalized spacial score (nSPS) is 12.2. The molecular weight excluding hydrogens is 224 g/mol. The molecular formula is C12H22O3S. The summed E-state index contributed by atoms with van der Waals surface area (Å²) in [6.07, 6.45) is 1.67. The first-order chi connectivity index (χ1) is 7.60. The molecule has 4 heteroatoms. The van der Waals surface area contributed by atoms with Crippen molar-refractivity contribution in [2.24, 2.45) is 5.92 Å². The predicted octanol–water partition coefficient (Wildman–Crippen LogP) is 2.68. The Kier molecular flexibility index (Phi) is 9.39. The summed E-state index contributed by atoms with van der Waals surface area (Å²) in [6, 6.07) is 0. The van der Waals surface area contributed by atoms with E-state index in [4.69, 9.17) is 4.74 Å². The Morgan fingerprint density at radius 1 is 1.25 bits per heavy atom. The van der Waals surface area contributed by atoms with Gasteiger partial charge in [-0.3, -0.25) is 9.59 Å². The number of hydrogen-bond donors (Lipinski definition) is 0. The standard InChI is InChI=1S/C12H22O3S/c1-4-10(3)8-16-9-11(13)6-7-12(14)15-5-2/h10H,4-9H2,1-3H3. The molecule has 1 atom stereocenters. The van der Waals surface area contributed by atoms with Crippen molar-refractivity contribution in [3.05, 3.63) is 0 Å². The summed E-state index contributed by atoms with van der Waals surface area (Å²) in [5.74, 6) is 2.05. The number of Topliss-reactive ketones (excluding diaryl/α,β-unsaturated/α-hetero) is 1. The summed E-state index contributed by atoms with van der Waals surface area (Å²) in [7, 11) is 0. The quantitative estimate of drug-likeness (QED) is 0.587. The second kappa shape index (κ2) is 9.70. The van der Waals surface area contributed by atoms with Crippen LogP contribution in [-0.4, -0.2) is 29.9 Å². The van der Waals surface area contributed by atoms with Crippen LogP contribution in [-0.2, 0) is 14.3 Å². The Bertz CT molecular complexity index is 216. The second-order valence-electron chi connectivity index (χ2n) is 3.87. The molecule has 0 aromatic heterocycles. The van der Waals surface area contributed by atoms with Gasteiger partial charge in [0.2, 0.25) is 0 Å². The van der Waals surface area contributed by atoms with Crippen LogP contribution < -0.4 is 0 Å². The zero-order valence-corrected chi connectivity index (χ0v) is 11.3. The van der Waals surface area contributed by atoms with Gasteiger partial charge in [0.05, 0.1) is 18.8 Å². The fourth-order valence-corrected chi connectivity index (χ4v) is 2.17. The molecule has 0 N–H and O–H groups in total. The maximum Gasteiger partial charge on any atom is 0.306 e. The molecule has 0 saturated heterocycles. The van der Waals surface area contributed by atoms with Gasteiger partial charge in [-0.25, -0.2) is 0 Å². The number of rotatable bonds is 9. The van der Waals surface area contributed by atoms with Gasteiger partial charge in [0.1, 0.15) is 5.78 Å². The number of ketones is 1. The third-order valence-corrected chi connectivity index (χ3v) is 3.61. The number of thioether (sulfide) groups is 1. The minimum atomic E-state index is -0.275. The molecule has 0 aliphatic rings. The third kappa shape index (κ3) is 8.77. The van der Waals surface area contributed by atoms with Gasteiger partial charge in [0, 0.05) is 6.42 Å². The minimum Gasteiger partial charge on any atom is -0.466 e. The third-order valence-electron chi connectivity index (χ3n) is 2.28. The lowest BCUT2D eigenvalue weighted by molar-refractivity contribution is -0.144. The summed E-state index contributed by atoms with van der Waals surface area (Å²) in [5.41, 5.74) is 0. The van der Waals surface area contributed by atoms with Crippen LogP contribution in [0.1, 0.15) is 40.0 Å². The molecule has 94 valence electrons. The molecule has 0 aromatic rings. The van der Waals surface area contributed by atoms with Crippen molar-refractivity contribution in [3.8, 4) is 0 Å². The SMILES string of the molecule is CCOC(=O)CCC(=O)CSCC(C)CC. The summed E-state index contributed by atoms with van der Waals surface area (Å²) in [6.45, 7) is 6.47. The molecule has 1 unspecified atom stereocenters. The van der Waals surface area contributed by atoms with Gasteiger partial charge in [-0.15, -0.1) is 0 Å². The zero-order chi connectivity index (χ0) is 12.4. The monoisotopic (exact) mass is 246 g/mol. The molecule has 0 amide bonds. The van der Waals surface area contributed by atoms with E-state index < -0.39 is 0 Å². The van der Waals surface area contributed by atoms with Crippen LogP contribution in [0.2, 0.25) is 0 Å². The van der Waals surface area contributed by atoms with E-state index in [9.17, 15) is 9.59 Å². The van der Waals surface area contributed by atoms with Crippen molar-refractivity contribution in [2.75, 3.05) is 18.1 Å². The fraction of sp³-hybridized carbons (Fsp3) is 0.833. The number of hydrogen-bond acceptors (Lipinski definition) is 4. The highest BCUT2D eigenvalue weighted by atomic mass is 32.2. The number of carbonyl (C=O) groups is 2. The summed E-state index contributed by atoms with van der Waals surface area (Å²) < 4.78 is 4.75. The van der Waals surface area contributed by atoms with E-state index in [-0.39, 0.29) is 18.2 Å². The Morgan fingerprint density at radius 3 is 2.50 bits per heavy atom. The minimum absolute atomic E-state index is 0.140. The highest BCUT2D eigenvalue weighted by Gasteiger charge is 2.08. The highest BCUT2D eigenvalue weighted by molar-refractivity contribution is 7.99. The fourth-order valence-electron chi connectivity index (χ4n) is 1.04. The van der Waals surface area contributed by atoms with Crippen molar-refractivity contribution >= 4 is 23.5 Å². The second-order valence-corrected chi connectivity index (χ2v) is 4.90. The van der Waals surface area contributed by atoms with Gasteiger partial charge in [0.15, 0.2) is 0 Å². The Balaban J connectivity index is 3.48. The van der Waals surface area contributed by atoms with Gasteiger partial charge in [-0.1, -0.05) is 20.3 Å². The summed E-state index contributed by atoms with van der Waals surface area (Å²) in [4.78, 5) is 22.4. The van der Waals surface area contributed by atoms with E-state index in [0.29, 0.717) is 24.7 Å². The zero-order valence-electron chi connectivity index (χ0n) is 10.5. The lowest BCUT2D eigenvalue weighted by Gasteiger charge is -2.06. The first-order valence-electron chi connectivity index (χ1n) is 5.85. The molecule has 0 aliphatic carbocycles. The van der Waals surface area contributed by atoms with Gasteiger partial charge < -0.3 is 4.74 Å². The molecule has 0 rings (SSSR count).